The van der Waals surface area contributed by atoms with E-state index < -0.39 is 0 Å². The van der Waals surface area contributed by atoms with Gasteiger partial charge in [-0.15, -0.1) is 0 Å². The Bertz CT molecular complexity index is 234. The van der Waals surface area contributed by atoms with E-state index in [-0.39, 0.29) is 0 Å². The Hall–Kier alpha value is -0.850. The van der Waals surface area contributed by atoms with E-state index in [1.807, 2.05) is 19.9 Å². The van der Waals surface area contributed by atoms with Gasteiger partial charge in [0.25, 0.3) is 6.61 Å². The summed E-state index contributed by atoms with van der Waals surface area (Å²) in [6, 6.07) is 0. The van der Waals surface area contributed by atoms with Crippen molar-refractivity contribution >= 4 is 5.78 Å². The molecule has 0 amide bonds. The quantitative estimate of drug-likeness (QED) is 0.465. The summed E-state index contributed by atoms with van der Waals surface area (Å²) in [5, 5.41) is 0. The summed E-state index contributed by atoms with van der Waals surface area (Å²) in [6.07, 6.45) is 11.5. The summed E-state index contributed by atoms with van der Waals surface area (Å²) in [5.74, 6) is 1.07. The molecule has 13 heavy (non-hydrogen) atoms. The molecule has 0 bridgehead atoms. The predicted molar refractivity (Wildman–Crippen MR) is 56.9 cm³/mol. The van der Waals surface area contributed by atoms with Crippen molar-refractivity contribution in [2.75, 3.05) is 6.61 Å². The first-order chi connectivity index (χ1) is 6.38. The first kappa shape index (κ1) is 10.2. The molecular weight excluding hydrogens is 160 g/mol. The van der Waals surface area contributed by atoms with Crippen LogP contribution in [0.1, 0.15) is 39.5 Å². The van der Waals surface area contributed by atoms with Crippen LogP contribution < -0.4 is 0 Å². The summed E-state index contributed by atoms with van der Waals surface area (Å²) >= 11 is 0. The third-order valence-corrected chi connectivity index (χ3v) is 2.23. The summed E-state index contributed by atoms with van der Waals surface area (Å²) < 4.78 is 5.58. The zero-order valence-corrected chi connectivity index (χ0v) is 8.68. The van der Waals surface area contributed by atoms with Crippen molar-refractivity contribution < 1.29 is 4.42 Å². The molecular formula is C12H19O+. The second-order valence-electron chi connectivity index (χ2n) is 3.27. The number of rotatable bonds is 3. The standard InChI is InChI=1S/C12H19O/c1-3-8-12(13-4-2)11-9-6-5-7-10-11/h3,8-9H,4-7,10H2,1-2H3/q+1/b8-3+. The molecule has 0 unspecified atom stereocenters. The molecule has 1 heteroatoms. The van der Waals surface area contributed by atoms with Crippen LogP contribution in [0.2, 0.25) is 0 Å². The molecule has 72 valence electrons. The lowest BCUT2D eigenvalue weighted by molar-refractivity contribution is -0.451. The second kappa shape index (κ2) is 5.74. The van der Waals surface area contributed by atoms with Crippen molar-refractivity contribution in [3.05, 3.63) is 23.8 Å². The van der Waals surface area contributed by atoms with Crippen molar-refractivity contribution in [3.8, 4) is 0 Å². The van der Waals surface area contributed by atoms with Gasteiger partial charge in [-0.25, -0.2) is 0 Å². The molecule has 1 aliphatic rings. The van der Waals surface area contributed by atoms with E-state index in [4.69, 9.17) is 4.42 Å². The monoisotopic (exact) mass is 179 g/mol. The van der Waals surface area contributed by atoms with E-state index in [9.17, 15) is 0 Å². The zero-order valence-electron chi connectivity index (χ0n) is 8.68. The highest BCUT2D eigenvalue weighted by atomic mass is 16.4. The van der Waals surface area contributed by atoms with Crippen molar-refractivity contribution in [2.24, 2.45) is 0 Å². The maximum Gasteiger partial charge on any atom is 0.345 e. The van der Waals surface area contributed by atoms with Gasteiger partial charge < -0.3 is 0 Å². The average molecular weight is 179 g/mol. The highest BCUT2D eigenvalue weighted by Crippen LogP contribution is 2.18. The summed E-state index contributed by atoms with van der Waals surface area (Å²) in [6.45, 7) is 4.83. The van der Waals surface area contributed by atoms with Crippen molar-refractivity contribution in [1.29, 1.82) is 0 Å². The van der Waals surface area contributed by atoms with E-state index in [1.54, 1.807) is 0 Å². The van der Waals surface area contributed by atoms with Gasteiger partial charge in [0.1, 0.15) is 0 Å². The van der Waals surface area contributed by atoms with Crippen LogP contribution >= 0.6 is 0 Å². The van der Waals surface area contributed by atoms with Gasteiger partial charge in [0.2, 0.25) is 0 Å². The number of hydrogen-bond donors (Lipinski definition) is 0. The molecule has 1 nitrogen and oxygen atoms in total. The highest BCUT2D eigenvalue weighted by Gasteiger charge is 2.16. The SMILES string of the molecule is C/C=C/C(=[O+]CC)C1=CCCCC1. The maximum atomic E-state index is 5.58. The van der Waals surface area contributed by atoms with E-state index in [2.05, 4.69) is 12.2 Å². The third kappa shape index (κ3) is 3.17. The fourth-order valence-corrected chi connectivity index (χ4v) is 1.62. The Morgan fingerprint density at radius 2 is 2.38 bits per heavy atom. The molecule has 0 spiro atoms. The molecule has 1 rings (SSSR count). The van der Waals surface area contributed by atoms with Crippen LogP contribution in [-0.4, -0.2) is 12.4 Å². The number of ketones is 1. The molecule has 0 aromatic heterocycles. The summed E-state index contributed by atoms with van der Waals surface area (Å²) in [7, 11) is 0. The number of carbonyl (C=O) groups excluding carboxylic acids is 1. The van der Waals surface area contributed by atoms with E-state index in [0.29, 0.717) is 0 Å². The van der Waals surface area contributed by atoms with Gasteiger partial charge in [0.15, 0.2) is 0 Å². The molecule has 0 N–H and O–H groups in total. The normalized spacial score (nSPS) is 19.2. The first-order valence-electron chi connectivity index (χ1n) is 5.20. The third-order valence-electron chi connectivity index (χ3n) is 2.23. The lowest BCUT2D eigenvalue weighted by Crippen LogP contribution is -2.06. The highest BCUT2D eigenvalue weighted by molar-refractivity contribution is 6.04. The van der Waals surface area contributed by atoms with Gasteiger partial charge >= 0.3 is 5.78 Å². The minimum atomic E-state index is 0.761. The van der Waals surface area contributed by atoms with Gasteiger partial charge in [-0.1, -0.05) is 12.2 Å². The van der Waals surface area contributed by atoms with Crippen LogP contribution in [0.5, 0.6) is 0 Å². The minimum Gasteiger partial charge on any atom is -0.255 e. The Balaban J connectivity index is 2.74. The van der Waals surface area contributed by atoms with Gasteiger partial charge in [0, 0.05) is 13.0 Å². The van der Waals surface area contributed by atoms with Gasteiger partial charge in [0.05, 0.1) is 5.57 Å². The van der Waals surface area contributed by atoms with E-state index in [0.717, 1.165) is 12.4 Å². The van der Waals surface area contributed by atoms with E-state index >= 15 is 0 Å². The van der Waals surface area contributed by atoms with Gasteiger partial charge in [-0.05, 0) is 32.6 Å². The molecule has 0 aliphatic heterocycles. The Kier molecular flexibility index (Phi) is 4.52. The molecule has 0 fully saturated rings. The van der Waals surface area contributed by atoms with Crippen molar-refractivity contribution in [1.82, 2.24) is 0 Å². The predicted octanol–water partition coefficient (Wildman–Crippen LogP) is 3.19. The van der Waals surface area contributed by atoms with Crippen LogP contribution in [0.15, 0.2) is 23.8 Å². The fourth-order valence-electron chi connectivity index (χ4n) is 1.62. The average Bonchev–Trinajstić information content (AvgIpc) is 2.19. The second-order valence-corrected chi connectivity index (χ2v) is 3.27. The van der Waals surface area contributed by atoms with Crippen LogP contribution in [0.4, 0.5) is 0 Å². The van der Waals surface area contributed by atoms with E-state index in [1.165, 1.54) is 31.3 Å². The lowest BCUT2D eigenvalue weighted by Gasteiger charge is -2.06. The molecule has 0 atom stereocenters. The molecule has 0 aromatic rings. The van der Waals surface area contributed by atoms with Gasteiger partial charge in [-0.3, -0.25) is 4.42 Å². The Labute approximate surface area is 80.8 Å². The molecule has 1 aliphatic carbocycles. The van der Waals surface area contributed by atoms with Crippen LogP contribution in [0, 0.1) is 0 Å². The van der Waals surface area contributed by atoms with Crippen LogP contribution in [0.25, 0.3) is 0 Å². The smallest absolute Gasteiger partial charge is 0.255 e. The molecule has 0 heterocycles. The molecule has 0 saturated heterocycles. The topological polar surface area (TPSA) is 11.3 Å². The zero-order chi connectivity index (χ0) is 9.52. The Morgan fingerprint density at radius 1 is 1.54 bits per heavy atom. The first-order valence-corrected chi connectivity index (χ1v) is 5.20. The van der Waals surface area contributed by atoms with Gasteiger partial charge in [-0.2, -0.15) is 0 Å². The summed E-state index contributed by atoms with van der Waals surface area (Å²) in [5.41, 5.74) is 1.39. The fraction of sp³-hybridized carbons (Fsp3) is 0.583. The molecule has 0 radical (unpaired) electrons. The molecule has 0 aromatic carbocycles. The number of hydrogen-bond acceptors (Lipinski definition) is 0. The maximum absolute atomic E-state index is 5.58. The largest absolute Gasteiger partial charge is 0.345 e. The summed E-state index contributed by atoms with van der Waals surface area (Å²) in [4.78, 5) is 0. The Morgan fingerprint density at radius 3 is 2.92 bits per heavy atom. The van der Waals surface area contributed by atoms with Crippen molar-refractivity contribution in [2.45, 2.75) is 39.5 Å². The lowest BCUT2D eigenvalue weighted by atomic mass is 9.96. The van der Waals surface area contributed by atoms with Crippen LogP contribution in [0.3, 0.4) is 0 Å². The van der Waals surface area contributed by atoms with Crippen LogP contribution in [-0.2, 0) is 4.42 Å². The number of allylic oxidation sites excluding steroid dienone is 4. The van der Waals surface area contributed by atoms with Crippen molar-refractivity contribution in [3.63, 3.8) is 0 Å². The molecule has 0 saturated carbocycles. The minimum absolute atomic E-state index is 0.761.